The van der Waals surface area contributed by atoms with Crippen LogP contribution in [0.1, 0.15) is 0 Å². The van der Waals surface area contributed by atoms with E-state index < -0.39 is 52.9 Å². The highest BCUT2D eigenvalue weighted by Crippen LogP contribution is 2.47. The monoisotopic (exact) mass is 439 g/mol. The van der Waals surface area contributed by atoms with Crippen molar-refractivity contribution in [3.63, 3.8) is 0 Å². The number of rotatable bonds is 4. The minimum Gasteiger partial charge on any atom is -0.504 e. The highest BCUT2D eigenvalue weighted by molar-refractivity contribution is 7.86. The Kier molecular flexibility index (Phi) is 4.92. The van der Waals surface area contributed by atoms with E-state index in [2.05, 4.69) is 10.2 Å². The molecule has 0 aromatic heterocycles. The number of benzene rings is 3. The van der Waals surface area contributed by atoms with Crippen LogP contribution in [0.3, 0.4) is 0 Å². The van der Waals surface area contributed by atoms with Crippen LogP contribution in [-0.2, 0) is 20.2 Å². The lowest BCUT2D eigenvalue weighted by Gasteiger charge is -2.13. The lowest BCUT2D eigenvalue weighted by molar-refractivity contribution is 0.393. The molecule has 3 aromatic rings. The van der Waals surface area contributed by atoms with Gasteiger partial charge in [-0.25, -0.2) is 0 Å². The predicted octanol–water partition coefficient (Wildman–Crippen LogP) is 2.74. The number of phenols is 2. The number of nitrogen functional groups attached to an aromatic ring is 1. The molecule has 0 aliphatic carbocycles. The van der Waals surface area contributed by atoms with Gasteiger partial charge < -0.3 is 15.9 Å². The average Bonchev–Trinajstić information content (AvgIpc) is 2.62. The van der Waals surface area contributed by atoms with Gasteiger partial charge in [-0.15, -0.1) is 5.11 Å². The summed E-state index contributed by atoms with van der Waals surface area (Å²) in [6, 6.07) is 9.55. The van der Waals surface area contributed by atoms with Crippen molar-refractivity contribution in [1.29, 1.82) is 0 Å². The standard InChI is InChI=1S/C16H13N3O8S2/c17-13-12-8(7-11(29(25,26)27)15(20)16(12)21)6-10(28(22,23)24)14(13)19-18-9-4-2-1-3-5-9/h1-7,20-21H,17H2,(H,22,23,24)(H,25,26,27)/b19-18+. The smallest absolute Gasteiger partial charge is 0.298 e. The van der Waals surface area contributed by atoms with Gasteiger partial charge in [-0.05, 0) is 29.7 Å². The molecule has 3 aromatic carbocycles. The van der Waals surface area contributed by atoms with E-state index in [1.165, 1.54) is 0 Å². The van der Waals surface area contributed by atoms with Gasteiger partial charge in [-0.3, -0.25) is 9.11 Å². The van der Waals surface area contributed by atoms with E-state index in [-0.39, 0.29) is 10.8 Å². The quantitative estimate of drug-likeness (QED) is 0.175. The first-order valence-corrected chi connectivity index (χ1v) is 10.5. The molecule has 0 bridgehead atoms. The Labute approximate surface area is 164 Å². The van der Waals surface area contributed by atoms with Crippen LogP contribution in [-0.4, -0.2) is 36.2 Å². The van der Waals surface area contributed by atoms with E-state index in [4.69, 9.17) is 5.73 Å². The molecule has 0 unspecified atom stereocenters. The van der Waals surface area contributed by atoms with Crippen LogP contribution in [0.25, 0.3) is 10.8 Å². The first kappa shape index (κ1) is 20.5. The number of fused-ring (bicyclic) bond motifs is 1. The third-order valence-corrected chi connectivity index (χ3v) is 5.63. The van der Waals surface area contributed by atoms with Crippen LogP contribution < -0.4 is 5.73 Å². The van der Waals surface area contributed by atoms with Crippen molar-refractivity contribution in [3.8, 4) is 11.5 Å². The molecule has 0 spiro atoms. The largest absolute Gasteiger partial charge is 0.504 e. The van der Waals surface area contributed by atoms with Crippen molar-refractivity contribution in [2.24, 2.45) is 10.2 Å². The van der Waals surface area contributed by atoms with E-state index in [9.17, 15) is 36.2 Å². The SMILES string of the molecule is Nc1c(/N=N/c2ccccc2)c(S(=O)(=O)O)cc2cc(S(=O)(=O)O)c(O)c(O)c12. The second-order valence-corrected chi connectivity index (χ2v) is 8.57. The van der Waals surface area contributed by atoms with Crippen LogP contribution >= 0.6 is 0 Å². The summed E-state index contributed by atoms with van der Waals surface area (Å²) in [7, 11) is -9.88. The molecule has 0 amide bonds. The molecule has 0 atom stereocenters. The molecule has 13 heteroatoms. The first-order valence-electron chi connectivity index (χ1n) is 7.64. The molecule has 3 rings (SSSR count). The molecule has 0 aliphatic heterocycles. The van der Waals surface area contributed by atoms with Crippen LogP contribution in [0.4, 0.5) is 17.1 Å². The molecule has 11 nitrogen and oxygen atoms in total. The number of hydrogen-bond donors (Lipinski definition) is 5. The van der Waals surface area contributed by atoms with Gasteiger partial charge in [0, 0.05) is 0 Å². The average molecular weight is 439 g/mol. The summed E-state index contributed by atoms with van der Waals surface area (Å²) in [5.41, 5.74) is 5.17. The number of nitrogens with two attached hydrogens (primary N) is 1. The van der Waals surface area contributed by atoms with E-state index in [0.29, 0.717) is 11.8 Å². The van der Waals surface area contributed by atoms with Gasteiger partial charge in [-0.1, -0.05) is 18.2 Å². The van der Waals surface area contributed by atoms with Crippen molar-refractivity contribution in [1.82, 2.24) is 0 Å². The molecule has 0 saturated carbocycles. The lowest BCUT2D eigenvalue weighted by atomic mass is 10.1. The van der Waals surface area contributed by atoms with Gasteiger partial charge in [0.15, 0.2) is 11.5 Å². The van der Waals surface area contributed by atoms with Gasteiger partial charge in [0.2, 0.25) is 0 Å². The highest BCUT2D eigenvalue weighted by atomic mass is 32.2. The Balaban J connectivity index is 2.41. The molecule has 152 valence electrons. The summed E-state index contributed by atoms with van der Waals surface area (Å²) < 4.78 is 65.1. The summed E-state index contributed by atoms with van der Waals surface area (Å²) in [5.74, 6) is -2.23. The fourth-order valence-corrected chi connectivity index (χ4v) is 3.90. The van der Waals surface area contributed by atoms with Crippen molar-refractivity contribution in [3.05, 3.63) is 42.5 Å². The van der Waals surface area contributed by atoms with Crippen molar-refractivity contribution >= 4 is 48.1 Å². The Morgan fingerprint density at radius 2 is 1.34 bits per heavy atom. The van der Waals surface area contributed by atoms with Crippen molar-refractivity contribution in [2.75, 3.05) is 5.73 Å². The Morgan fingerprint density at radius 3 is 1.90 bits per heavy atom. The van der Waals surface area contributed by atoms with Crippen LogP contribution in [0.5, 0.6) is 11.5 Å². The van der Waals surface area contributed by atoms with Crippen LogP contribution in [0, 0.1) is 0 Å². The number of aromatic hydroxyl groups is 2. The zero-order chi connectivity index (χ0) is 21.6. The minimum absolute atomic E-state index is 0.309. The normalized spacial score (nSPS) is 12.6. The maximum Gasteiger partial charge on any atom is 0.298 e. The molecule has 0 fully saturated rings. The van der Waals surface area contributed by atoms with Crippen LogP contribution in [0.2, 0.25) is 0 Å². The summed E-state index contributed by atoms with van der Waals surface area (Å²) in [6.45, 7) is 0. The molecule has 29 heavy (non-hydrogen) atoms. The maximum absolute atomic E-state index is 11.8. The van der Waals surface area contributed by atoms with Crippen molar-refractivity contribution in [2.45, 2.75) is 9.79 Å². The molecule has 0 heterocycles. The third-order valence-electron chi connectivity index (χ3n) is 3.89. The predicted molar refractivity (Wildman–Crippen MR) is 102 cm³/mol. The number of anilines is 1. The van der Waals surface area contributed by atoms with Gasteiger partial charge in [0.25, 0.3) is 20.2 Å². The van der Waals surface area contributed by atoms with E-state index >= 15 is 0 Å². The van der Waals surface area contributed by atoms with Gasteiger partial charge in [0.1, 0.15) is 15.5 Å². The summed E-state index contributed by atoms with van der Waals surface area (Å²) >= 11 is 0. The van der Waals surface area contributed by atoms with Crippen molar-refractivity contribution < 1.29 is 36.2 Å². The fourth-order valence-electron chi connectivity index (χ4n) is 2.61. The maximum atomic E-state index is 11.8. The summed E-state index contributed by atoms with van der Waals surface area (Å²) in [4.78, 5) is -1.91. The Morgan fingerprint density at radius 1 is 0.793 bits per heavy atom. The molecule has 0 aliphatic rings. The number of phenolic OH excluding ortho intramolecular Hbond substituents is 2. The topological polar surface area (TPSA) is 200 Å². The second-order valence-electron chi connectivity index (χ2n) is 5.79. The Bertz CT molecular complexity index is 1370. The lowest BCUT2D eigenvalue weighted by Crippen LogP contribution is -2.03. The van der Waals surface area contributed by atoms with E-state index in [1.54, 1.807) is 30.3 Å². The van der Waals surface area contributed by atoms with Gasteiger partial charge in [-0.2, -0.15) is 21.9 Å². The molecular weight excluding hydrogens is 426 g/mol. The first-order chi connectivity index (χ1) is 13.4. The third kappa shape index (κ3) is 3.84. The number of nitrogens with zero attached hydrogens (tertiary/aromatic N) is 2. The fraction of sp³-hybridized carbons (Fsp3) is 0. The van der Waals surface area contributed by atoms with E-state index in [1.807, 2.05) is 0 Å². The van der Waals surface area contributed by atoms with E-state index in [0.717, 1.165) is 6.07 Å². The van der Waals surface area contributed by atoms with Gasteiger partial charge >= 0.3 is 0 Å². The minimum atomic E-state index is -4.97. The second kappa shape index (κ2) is 6.97. The zero-order valence-corrected chi connectivity index (χ0v) is 15.9. The molecule has 0 radical (unpaired) electrons. The zero-order valence-electron chi connectivity index (χ0n) is 14.3. The van der Waals surface area contributed by atoms with Crippen LogP contribution in [0.15, 0.2) is 62.5 Å². The summed E-state index contributed by atoms with van der Waals surface area (Å²) in [5, 5.41) is 27.0. The molecule has 6 N–H and O–H groups in total. The Hall–Kier alpha value is -3.26. The number of azo groups is 1. The highest BCUT2D eigenvalue weighted by Gasteiger charge is 2.27. The molecular formula is C16H13N3O8S2. The summed E-state index contributed by atoms with van der Waals surface area (Å²) in [6.07, 6.45) is 0. The number of hydrogen-bond acceptors (Lipinski definition) is 9. The molecule has 0 saturated heterocycles. The van der Waals surface area contributed by atoms with Gasteiger partial charge in [0.05, 0.1) is 16.8 Å².